The minimum Gasteiger partial charge on any atom is -0.212 e. The first kappa shape index (κ1) is 21.7. The molecule has 0 bridgehead atoms. The number of hydrogen-bond acceptors (Lipinski definition) is 3. The fourth-order valence-corrected chi connectivity index (χ4v) is 4.05. The maximum Gasteiger partial charge on any atom is 0.164 e. The molecule has 34 heavy (non-hydrogen) atoms. The molecule has 1 aromatic heterocycles. The van der Waals surface area contributed by atoms with Gasteiger partial charge in [0.1, 0.15) is 5.82 Å². The first-order chi connectivity index (χ1) is 16.5. The van der Waals surface area contributed by atoms with Crippen molar-refractivity contribution in [3.63, 3.8) is 0 Å². The molecule has 0 saturated heterocycles. The molecule has 0 fully saturated rings. The summed E-state index contributed by atoms with van der Waals surface area (Å²) in [4.78, 5) is 15.0. The average molecular weight is 442 g/mol. The molecule has 0 atom stereocenters. The molecule has 0 amide bonds. The minimum atomic E-state index is -0.226. The van der Waals surface area contributed by atoms with Gasteiger partial charge in [0.25, 0.3) is 0 Å². The highest BCUT2D eigenvalue weighted by Gasteiger charge is 2.23. The third-order valence-corrected chi connectivity index (χ3v) is 5.81. The van der Waals surface area contributed by atoms with Crippen molar-refractivity contribution in [3.05, 3.63) is 115 Å². The standard InChI is InChI=1S/C31H27N3/c1-31(2,3)30-33-28(26-20-12-10-18-24(26)22-14-6-4-7-15-22)32-29(34-30)27-21-13-11-19-25(27)23-16-8-5-9-17-23/h4-21H,1-3H3. The average Bonchev–Trinajstić information content (AvgIpc) is 2.89. The highest BCUT2D eigenvalue weighted by molar-refractivity contribution is 5.83. The predicted molar refractivity (Wildman–Crippen MR) is 140 cm³/mol. The largest absolute Gasteiger partial charge is 0.212 e. The van der Waals surface area contributed by atoms with Crippen molar-refractivity contribution < 1.29 is 0 Å². The summed E-state index contributed by atoms with van der Waals surface area (Å²) in [7, 11) is 0. The number of benzene rings is 4. The molecule has 0 unspecified atom stereocenters. The molecule has 0 N–H and O–H groups in total. The van der Waals surface area contributed by atoms with Crippen LogP contribution in [0.2, 0.25) is 0 Å². The Bertz CT molecular complexity index is 1320. The number of aromatic nitrogens is 3. The highest BCUT2D eigenvalue weighted by atomic mass is 15.0. The lowest BCUT2D eigenvalue weighted by molar-refractivity contribution is 0.543. The van der Waals surface area contributed by atoms with Gasteiger partial charge in [-0.1, -0.05) is 130 Å². The third-order valence-electron chi connectivity index (χ3n) is 5.81. The van der Waals surface area contributed by atoms with E-state index in [4.69, 9.17) is 15.0 Å². The second-order valence-electron chi connectivity index (χ2n) is 9.38. The van der Waals surface area contributed by atoms with Gasteiger partial charge in [-0.05, 0) is 22.3 Å². The smallest absolute Gasteiger partial charge is 0.164 e. The molecule has 5 rings (SSSR count). The van der Waals surface area contributed by atoms with Crippen LogP contribution in [0.4, 0.5) is 0 Å². The van der Waals surface area contributed by atoms with Crippen molar-refractivity contribution in [3.8, 4) is 45.0 Å². The van der Waals surface area contributed by atoms with Crippen molar-refractivity contribution in [2.24, 2.45) is 0 Å². The Morgan fingerprint density at radius 1 is 0.412 bits per heavy atom. The summed E-state index contributed by atoms with van der Waals surface area (Å²) in [6.45, 7) is 6.42. The Morgan fingerprint density at radius 3 is 1.15 bits per heavy atom. The van der Waals surface area contributed by atoms with Crippen LogP contribution in [-0.2, 0) is 5.41 Å². The molecule has 1 heterocycles. The van der Waals surface area contributed by atoms with E-state index in [0.29, 0.717) is 11.6 Å². The highest BCUT2D eigenvalue weighted by Crippen LogP contribution is 2.35. The molecular formula is C31H27N3. The Morgan fingerprint density at radius 2 is 0.765 bits per heavy atom. The molecular weight excluding hydrogens is 414 g/mol. The molecule has 0 radical (unpaired) electrons. The second-order valence-corrected chi connectivity index (χ2v) is 9.38. The normalized spacial score (nSPS) is 11.4. The van der Waals surface area contributed by atoms with E-state index in [1.165, 1.54) is 0 Å². The van der Waals surface area contributed by atoms with Gasteiger partial charge in [-0.3, -0.25) is 0 Å². The third kappa shape index (κ3) is 4.38. The molecule has 3 heteroatoms. The zero-order valence-electron chi connectivity index (χ0n) is 19.7. The lowest BCUT2D eigenvalue weighted by Crippen LogP contribution is -2.18. The number of hydrogen-bond donors (Lipinski definition) is 0. The van der Waals surface area contributed by atoms with Gasteiger partial charge in [-0.2, -0.15) is 0 Å². The van der Waals surface area contributed by atoms with Gasteiger partial charge in [0, 0.05) is 16.5 Å². The predicted octanol–water partition coefficient (Wildman–Crippen LogP) is 7.84. The molecule has 0 saturated carbocycles. The van der Waals surface area contributed by atoms with Gasteiger partial charge >= 0.3 is 0 Å². The van der Waals surface area contributed by atoms with Crippen molar-refractivity contribution in [2.45, 2.75) is 26.2 Å². The van der Waals surface area contributed by atoms with Gasteiger partial charge in [-0.15, -0.1) is 0 Å². The van der Waals surface area contributed by atoms with E-state index in [9.17, 15) is 0 Å². The molecule has 0 aliphatic heterocycles. The lowest BCUT2D eigenvalue weighted by Gasteiger charge is -2.19. The van der Waals surface area contributed by atoms with Crippen LogP contribution in [0.5, 0.6) is 0 Å². The van der Waals surface area contributed by atoms with Crippen LogP contribution in [0.3, 0.4) is 0 Å². The molecule has 0 aliphatic carbocycles. The summed E-state index contributed by atoms with van der Waals surface area (Å²) >= 11 is 0. The summed E-state index contributed by atoms with van der Waals surface area (Å²) in [5.74, 6) is 2.16. The van der Waals surface area contributed by atoms with Gasteiger partial charge in [0.2, 0.25) is 0 Å². The van der Waals surface area contributed by atoms with E-state index >= 15 is 0 Å². The van der Waals surface area contributed by atoms with Crippen LogP contribution in [-0.4, -0.2) is 15.0 Å². The Balaban J connectivity index is 1.74. The summed E-state index contributed by atoms with van der Waals surface area (Å²) in [5, 5.41) is 0. The maximum atomic E-state index is 5.04. The Hall–Kier alpha value is -4.11. The summed E-state index contributed by atoms with van der Waals surface area (Å²) in [6.07, 6.45) is 0. The fraction of sp³-hybridized carbons (Fsp3) is 0.129. The van der Waals surface area contributed by atoms with Gasteiger partial charge in [-0.25, -0.2) is 15.0 Å². The van der Waals surface area contributed by atoms with E-state index in [1.807, 2.05) is 24.3 Å². The Kier molecular flexibility index (Phi) is 5.77. The summed E-state index contributed by atoms with van der Waals surface area (Å²) in [5.41, 5.74) is 6.27. The van der Waals surface area contributed by atoms with E-state index < -0.39 is 0 Å². The van der Waals surface area contributed by atoms with Gasteiger partial charge < -0.3 is 0 Å². The van der Waals surface area contributed by atoms with Gasteiger partial charge in [0.05, 0.1) is 0 Å². The zero-order valence-corrected chi connectivity index (χ0v) is 19.7. The van der Waals surface area contributed by atoms with Crippen LogP contribution in [0.25, 0.3) is 45.0 Å². The molecule has 5 aromatic rings. The fourth-order valence-electron chi connectivity index (χ4n) is 4.05. The first-order valence-corrected chi connectivity index (χ1v) is 11.6. The molecule has 4 aromatic carbocycles. The van der Waals surface area contributed by atoms with Crippen molar-refractivity contribution in [1.29, 1.82) is 0 Å². The quantitative estimate of drug-likeness (QED) is 0.285. The van der Waals surface area contributed by atoms with Crippen molar-refractivity contribution in [2.75, 3.05) is 0 Å². The van der Waals surface area contributed by atoms with Crippen molar-refractivity contribution >= 4 is 0 Å². The van der Waals surface area contributed by atoms with E-state index in [-0.39, 0.29) is 5.41 Å². The summed E-state index contributed by atoms with van der Waals surface area (Å²) in [6, 6.07) is 37.4. The molecule has 3 nitrogen and oxygen atoms in total. The van der Waals surface area contributed by atoms with E-state index in [1.54, 1.807) is 0 Å². The van der Waals surface area contributed by atoms with E-state index in [0.717, 1.165) is 39.2 Å². The molecule has 166 valence electrons. The van der Waals surface area contributed by atoms with Crippen LogP contribution in [0.15, 0.2) is 109 Å². The lowest BCUT2D eigenvalue weighted by atomic mass is 9.94. The maximum absolute atomic E-state index is 5.04. The summed E-state index contributed by atoms with van der Waals surface area (Å²) < 4.78 is 0. The van der Waals surface area contributed by atoms with Crippen LogP contribution in [0.1, 0.15) is 26.6 Å². The minimum absolute atomic E-state index is 0.226. The van der Waals surface area contributed by atoms with Crippen LogP contribution >= 0.6 is 0 Å². The zero-order chi connectivity index (χ0) is 23.5. The van der Waals surface area contributed by atoms with E-state index in [2.05, 4.69) is 106 Å². The Labute approximate surface area is 201 Å². The van der Waals surface area contributed by atoms with Crippen LogP contribution in [0, 0.1) is 0 Å². The van der Waals surface area contributed by atoms with Crippen LogP contribution < -0.4 is 0 Å². The second kappa shape index (κ2) is 9.03. The molecule has 0 aliphatic rings. The number of nitrogens with zero attached hydrogens (tertiary/aromatic N) is 3. The van der Waals surface area contributed by atoms with Crippen molar-refractivity contribution in [1.82, 2.24) is 15.0 Å². The molecule has 0 spiro atoms. The SMILES string of the molecule is CC(C)(C)c1nc(-c2ccccc2-c2ccccc2)nc(-c2ccccc2-c2ccccc2)n1. The first-order valence-electron chi connectivity index (χ1n) is 11.6. The monoisotopic (exact) mass is 441 g/mol. The van der Waals surface area contributed by atoms with Gasteiger partial charge in [0.15, 0.2) is 11.6 Å². The number of rotatable bonds is 4. The topological polar surface area (TPSA) is 38.7 Å².